The van der Waals surface area contributed by atoms with Gasteiger partial charge in [-0.2, -0.15) is 5.26 Å². The van der Waals surface area contributed by atoms with Crippen LogP contribution in [0, 0.1) is 11.3 Å². The van der Waals surface area contributed by atoms with E-state index in [1.54, 1.807) is 18.5 Å². The fraction of sp³-hybridized carbons (Fsp3) is 0.0328. The van der Waals surface area contributed by atoms with E-state index in [9.17, 15) is 5.26 Å². The van der Waals surface area contributed by atoms with Gasteiger partial charge in [0.15, 0.2) is 11.6 Å². The average molecular weight is 857 g/mol. The van der Waals surface area contributed by atoms with Crippen molar-refractivity contribution in [1.82, 2.24) is 9.97 Å². The normalized spacial score (nSPS) is 14.4. The zero-order valence-electron chi connectivity index (χ0n) is 35.9. The number of rotatable bonds is 3. The molecule has 0 atom stereocenters. The first-order chi connectivity index (χ1) is 33.2. The van der Waals surface area contributed by atoms with Crippen molar-refractivity contribution >= 4 is 17.1 Å². The van der Waals surface area contributed by atoms with Gasteiger partial charge in [0, 0.05) is 45.8 Å². The van der Waals surface area contributed by atoms with Gasteiger partial charge in [0.25, 0.3) is 0 Å². The molecular weight excluding hydrogens is 821 g/mol. The molecule has 312 valence electrons. The first-order valence-electron chi connectivity index (χ1n) is 22.5. The van der Waals surface area contributed by atoms with E-state index >= 15 is 0 Å². The highest BCUT2D eigenvalue weighted by atomic mass is 16.5. The summed E-state index contributed by atoms with van der Waals surface area (Å²) in [5, 5.41) is 10.6. The molecule has 4 heterocycles. The van der Waals surface area contributed by atoms with Crippen molar-refractivity contribution in [3.63, 3.8) is 0 Å². The summed E-state index contributed by atoms with van der Waals surface area (Å²) in [5.41, 5.74) is 15.8. The van der Waals surface area contributed by atoms with Crippen molar-refractivity contribution < 1.29 is 9.47 Å². The molecule has 6 heteroatoms. The Labute approximate surface area is 387 Å². The first-order valence-corrected chi connectivity index (χ1v) is 22.5. The predicted octanol–water partition coefficient (Wildman–Crippen LogP) is 14.4. The van der Waals surface area contributed by atoms with Crippen LogP contribution in [0.4, 0.5) is 17.1 Å². The lowest BCUT2D eigenvalue weighted by atomic mass is 9.61. The summed E-state index contributed by atoms with van der Waals surface area (Å²) in [4.78, 5) is 11.4. The topological polar surface area (TPSA) is 71.3 Å². The highest BCUT2D eigenvalue weighted by molar-refractivity contribution is 5.96. The van der Waals surface area contributed by atoms with Crippen molar-refractivity contribution in [2.45, 2.75) is 10.8 Å². The summed E-state index contributed by atoms with van der Waals surface area (Å²) < 4.78 is 14.4. The van der Waals surface area contributed by atoms with Crippen LogP contribution in [0.15, 0.2) is 219 Å². The van der Waals surface area contributed by atoms with E-state index < -0.39 is 10.8 Å². The van der Waals surface area contributed by atoms with E-state index in [0.29, 0.717) is 17.0 Å². The molecular formula is C61H36N4O2. The summed E-state index contributed by atoms with van der Waals surface area (Å²) in [6.45, 7) is 0. The Morgan fingerprint density at radius 3 is 1.49 bits per heavy atom. The third-order valence-corrected chi connectivity index (χ3v) is 14.4. The Kier molecular flexibility index (Phi) is 7.79. The van der Waals surface area contributed by atoms with Gasteiger partial charge in [-0.1, -0.05) is 158 Å². The monoisotopic (exact) mass is 856 g/mol. The fourth-order valence-corrected chi connectivity index (χ4v) is 11.9. The van der Waals surface area contributed by atoms with Crippen LogP contribution < -0.4 is 14.4 Å². The van der Waals surface area contributed by atoms with Gasteiger partial charge in [0.1, 0.15) is 17.2 Å². The molecule has 1 aliphatic carbocycles. The number of para-hydroxylation sites is 6. The van der Waals surface area contributed by atoms with Crippen molar-refractivity contribution in [2.24, 2.45) is 0 Å². The second kappa shape index (κ2) is 14.0. The fourth-order valence-electron chi connectivity index (χ4n) is 11.9. The van der Waals surface area contributed by atoms with E-state index in [2.05, 4.69) is 209 Å². The van der Waals surface area contributed by atoms with Crippen molar-refractivity contribution in [2.75, 3.05) is 4.90 Å². The van der Waals surface area contributed by atoms with Crippen LogP contribution >= 0.6 is 0 Å². The molecule has 0 N–H and O–H groups in total. The van der Waals surface area contributed by atoms with Crippen LogP contribution in [0.5, 0.6) is 23.0 Å². The Bertz CT molecular complexity index is 3620. The summed E-state index contributed by atoms with van der Waals surface area (Å²) >= 11 is 0. The molecule has 0 unspecified atom stereocenters. The van der Waals surface area contributed by atoms with E-state index in [0.717, 1.165) is 84.6 Å². The molecule has 0 radical (unpaired) electrons. The minimum Gasteiger partial charge on any atom is -0.457 e. The van der Waals surface area contributed by atoms with Crippen LogP contribution in [0.3, 0.4) is 0 Å². The summed E-state index contributed by atoms with van der Waals surface area (Å²) in [6.07, 6.45) is 3.40. The number of anilines is 3. The van der Waals surface area contributed by atoms with Crippen molar-refractivity contribution in [1.29, 1.82) is 5.26 Å². The highest BCUT2D eigenvalue weighted by Crippen LogP contribution is 2.67. The molecule has 6 nitrogen and oxygen atoms in total. The molecule has 67 heavy (non-hydrogen) atoms. The van der Waals surface area contributed by atoms with E-state index in [1.807, 2.05) is 12.1 Å². The number of hydrogen-bond acceptors (Lipinski definition) is 6. The lowest BCUT2D eigenvalue weighted by molar-refractivity contribution is 0.433. The molecule has 0 fully saturated rings. The number of nitrogens with zero attached hydrogens (tertiary/aromatic N) is 4. The number of nitriles is 1. The van der Waals surface area contributed by atoms with Crippen molar-refractivity contribution in [3.05, 3.63) is 269 Å². The maximum Gasteiger partial charge on any atom is 0.160 e. The van der Waals surface area contributed by atoms with Crippen LogP contribution in [0.1, 0.15) is 50.1 Å². The number of fused-ring (bicyclic) bond motifs is 17. The number of benzene rings is 9. The van der Waals surface area contributed by atoms with Gasteiger partial charge in [-0.05, 0) is 87.5 Å². The molecule has 0 bridgehead atoms. The number of hydrogen-bond donors (Lipinski definition) is 0. The van der Waals surface area contributed by atoms with Gasteiger partial charge in [0.2, 0.25) is 0 Å². The van der Waals surface area contributed by atoms with E-state index in [1.165, 1.54) is 22.3 Å². The number of ether oxygens (including phenoxy) is 2. The lowest BCUT2D eigenvalue weighted by Crippen LogP contribution is -2.40. The smallest absolute Gasteiger partial charge is 0.160 e. The molecule has 4 aliphatic rings. The van der Waals surface area contributed by atoms with Crippen LogP contribution in [0.2, 0.25) is 0 Å². The predicted molar refractivity (Wildman–Crippen MR) is 262 cm³/mol. The Balaban J connectivity index is 1.06. The van der Waals surface area contributed by atoms with Gasteiger partial charge >= 0.3 is 0 Å². The van der Waals surface area contributed by atoms with E-state index in [-0.39, 0.29) is 0 Å². The first kappa shape index (κ1) is 37.3. The van der Waals surface area contributed by atoms with Gasteiger partial charge in [-0.3, -0.25) is 0 Å². The Morgan fingerprint density at radius 1 is 0.388 bits per heavy atom. The largest absolute Gasteiger partial charge is 0.457 e. The summed E-state index contributed by atoms with van der Waals surface area (Å²) in [6, 6.07) is 75.5. The van der Waals surface area contributed by atoms with Crippen LogP contribution in [-0.2, 0) is 10.8 Å². The van der Waals surface area contributed by atoms with Crippen LogP contribution in [0.25, 0.3) is 33.6 Å². The second-order valence-electron chi connectivity index (χ2n) is 17.4. The SMILES string of the molecule is N#Cc1cc(-c2cccc3c2Oc2c(N4c5ccccc5C5(c6ccccc6Oc6ccccc65)c5ccccc54)cccc2C32c3ccccc3-c3ccccc32)ccc1-c1ncccn1. The third kappa shape index (κ3) is 4.87. The standard InChI is InChI=1S/C61H36N4O2/c62-37-39-36-38(32-33-41(39)59-63-34-15-35-64-59)40-18-13-25-50-57(40)67-58-51(60(50)44-19-3-1-16-42(44)43-17-2-4-20-45(43)60)26-14-29-54(58)65-52-27-9-5-21-46(52)61(47-22-6-10-28-53(47)65)48-23-7-11-30-55(48)66-56-31-12-8-24-49(56)61/h1-36H. The molecule has 0 amide bonds. The maximum absolute atomic E-state index is 10.6. The molecule has 10 aromatic rings. The molecule has 0 saturated heterocycles. The third-order valence-electron chi connectivity index (χ3n) is 14.4. The molecule has 3 aliphatic heterocycles. The Hall–Kier alpha value is -9.05. The lowest BCUT2D eigenvalue weighted by Gasteiger charge is -2.49. The maximum atomic E-state index is 10.6. The van der Waals surface area contributed by atoms with E-state index in [4.69, 9.17) is 9.47 Å². The molecule has 9 aromatic carbocycles. The average Bonchev–Trinajstić information content (AvgIpc) is 3.69. The van der Waals surface area contributed by atoms with Gasteiger partial charge < -0.3 is 14.4 Å². The van der Waals surface area contributed by atoms with Gasteiger partial charge in [0.05, 0.1) is 39.5 Å². The zero-order valence-corrected chi connectivity index (χ0v) is 35.9. The second-order valence-corrected chi connectivity index (χ2v) is 17.4. The molecule has 14 rings (SSSR count). The van der Waals surface area contributed by atoms with Gasteiger partial charge in [-0.15, -0.1) is 0 Å². The molecule has 2 spiro atoms. The zero-order chi connectivity index (χ0) is 44.3. The minimum atomic E-state index is -0.757. The molecule has 1 aromatic heterocycles. The highest BCUT2D eigenvalue weighted by Gasteiger charge is 2.54. The molecule has 0 saturated carbocycles. The van der Waals surface area contributed by atoms with Crippen molar-refractivity contribution in [3.8, 4) is 62.7 Å². The summed E-state index contributed by atoms with van der Waals surface area (Å²) in [5.74, 6) is 3.69. The minimum absolute atomic E-state index is 0.483. The van der Waals surface area contributed by atoms with Crippen LogP contribution in [-0.4, -0.2) is 9.97 Å². The van der Waals surface area contributed by atoms with Gasteiger partial charge in [-0.25, -0.2) is 9.97 Å². The number of aromatic nitrogens is 2. The quantitative estimate of drug-likeness (QED) is 0.176. The summed E-state index contributed by atoms with van der Waals surface area (Å²) in [7, 11) is 0. The Morgan fingerprint density at radius 2 is 0.866 bits per heavy atom.